The van der Waals surface area contributed by atoms with Crippen LogP contribution in [0.4, 0.5) is 0 Å². The molecule has 0 aliphatic heterocycles. The van der Waals surface area contributed by atoms with Gasteiger partial charge in [-0.05, 0) is 23.1 Å². The molecule has 2 aromatic heterocycles. The maximum atomic E-state index is 12.3. The Morgan fingerprint density at radius 2 is 2.10 bits per heavy atom. The van der Waals surface area contributed by atoms with Crippen LogP contribution < -0.4 is 11.3 Å². The number of hydrogen-bond donors (Lipinski definition) is 1. The molecule has 2 heterocycles. The maximum Gasteiger partial charge on any atom is 0.271 e. The Balaban J connectivity index is 2.08. The van der Waals surface area contributed by atoms with Gasteiger partial charge in [-0.15, -0.1) is 11.3 Å². The number of carbonyl (C=O) groups is 1. The molecule has 100 valence electrons. The lowest BCUT2D eigenvalue weighted by atomic mass is 10.1. The first kappa shape index (κ1) is 12.6. The van der Waals surface area contributed by atoms with Crippen molar-refractivity contribution in [2.45, 2.75) is 6.54 Å². The molecule has 0 bridgehead atoms. The lowest BCUT2D eigenvalue weighted by Gasteiger charge is -2.08. The van der Waals surface area contributed by atoms with Gasteiger partial charge in [-0.25, -0.2) is 4.98 Å². The van der Waals surface area contributed by atoms with E-state index in [0.717, 1.165) is 0 Å². The molecular weight excluding hydrogens is 274 g/mol. The Morgan fingerprint density at radius 1 is 1.30 bits per heavy atom. The third-order valence-electron chi connectivity index (χ3n) is 3.06. The van der Waals surface area contributed by atoms with Crippen molar-refractivity contribution in [2.75, 3.05) is 0 Å². The fraction of sp³-hybridized carbons (Fsp3) is 0.0714. The van der Waals surface area contributed by atoms with Crippen LogP contribution in [-0.2, 0) is 6.54 Å². The van der Waals surface area contributed by atoms with Gasteiger partial charge in [0.15, 0.2) is 0 Å². The summed E-state index contributed by atoms with van der Waals surface area (Å²) < 4.78 is 2.10. The van der Waals surface area contributed by atoms with E-state index in [9.17, 15) is 9.59 Å². The van der Waals surface area contributed by atoms with E-state index < -0.39 is 5.91 Å². The van der Waals surface area contributed by atoms with E-state index in [-0.39, 0.29) is 12.1 Å². The Labute approximate surface area is 118 Å². The van der Waals surface area contributed by atoms with Crippen molar-refractivity contribution in [1.29, 1.82) is 0 Å². The van der Waals surface area contributed by atoms with Crippen LogP contribution >= 0.6 is 11.3 Å². The molecule has 0 saturated carbocycles. The van der Waals surface area contributed by atoms with Crippen LogP contribution in [0.1, 0.15) is 15.9 Å². The van der Waals surface area contributed by atoms with E-state index in [0.29, 0.717) is 21.3 Å². The van der Waals surface area contributed by atoms with Gasteiger partial charge >= 0.3 is 0 Å². The normalized spacial score (nSPS) is 10.8. The van der Waals surface area contributed by atoms with Gasteiger partial charge in [0.05, 0.1) is 18.4 Å². The number of benzene rings is 1. The third-order valence-corrected chi connectivity index (χ3v) is 3.95. The smallest absolute Gasteiger partial charge is 0.271 e. The zero-order valence-electron chi connectivity index (χ0n) is 10.4. The Bertz CT molecular complexity index is 851. The van der Waals surface area contributed by atoms with Crippen LogP contribution in [0.3, 0.4) is 0 Å². The molecule has 0 radical (unpaired) electrons. The Morgan fingerprint density at radius 3 is 2.90 bits per heavy atom. The molecule has 0 aliphatic rings. The molecule has 3 rings (SSSR count). The number of carbonyl (C=O) groups excluding carboxylic acids is 1. The van der Waals surface area contributed by atoms with Crippen molar-refractivity contribution in [3.8, 4) is 0 Å². The summed E-state index contributed by atoms with van der Waals surface area (Å²) in [6, 6.07) is 8.80. The second-order valence-corrected chi connectivity index (χ2v) is 5.25. The lowest BCUT2D eigenvalue weighted by Crippen LogP contribution is -2.22. The highest BCUT2D eigenvalue weighted by molar-refractivity contribution is 7.17. The summed E-state index contributed by atoms with van der Waals surface area (Å²) in [5.74, 6) is -0.501. The predicted molar refractivity (Wildman–Crippen MR) is 77.9 cm³/mol. The number of fused-ring (bicyclic) bond motifs is 1. The van der Waals surface area contributed by atoms with Gasteiger partial charge in [0.25, 0.3) is 5.56 Å². The van der Waals surface area contributed by atoms with Gasteiger partial charge in [-0.2, -0.15) is 0 Å². The zero-order chi connectivity index (χ0) is 14.1. The highest BCUT2D eigenvalue weighted by atomic mass is 32.1. The van der Waals surface area contributed by atoms with Crippen molar-refractivity contribution in [2.24, 2.45) is 5.73 Å². The van der Waals surface area contributed by atoms with Gasteiger partial charge in [-0.1, -0.05) is 18.2 Å². The minimum atomic E-state index is -0.501. The Hall–Kier alpha value is -2.47. The molecule has 5 nitrogen and oxygen atoms in total. The number of thiophene rings is 1. The van der Waals surface area contributed by atoms with Gasteiger partial charge in [0.2, 0.25) is 5.91 Å². The summed E-state index contributed by atoms with van der Waals surface area (Å²) in [6.07, 6.45) is 1.50. The topological polar surface area (TPSA) is 78.0 Å². The molecule has 1 aromatic carbocycles. The monoisotopic (exact) mass is 285 g/mol. The van der Waals surface area contributed by atoms with E-state index >= 15 is 0 Å². The van der Waals surface area contributed by atoms with E-state index in [2.05, 4.69) is 4.98 Å². The molecular formula is C14H11N3O2S. The molecule has 3 aromatic rings. The SMILES string of the molecule is NC(=O)c1ccccc1Cn1cnc2ccsc2c1=O. The van der Waals surface area contributed by atoms with E-state index in [1.807, 2.05) is 17.5 Å². The van der Waals surface area contributed by atoms with Crippen molar-refractivity contribution in [3.63, 3.8) is 0 Å². The molecule has 0 spiro atoms. The van der Waals surface area contributed by atoms with Crippen molar-refractivity contribution >= 4 is 27.5 Å². The summed E-state index contributed by atoms with van der Waals surface area (Å²) in [6.45, 7) is 0.277. The summed E-state index contributed by atoms with van der Waals surface area (Å²) >= 11 is 1.36. The van der Waals surface area contributed by atoms with Crippen molar-refractivity contribution in [1.82, 2.24) is 9.55 Å². The number of nitrogens with two attached hydrogens (primary N) is 1. The van der Waals surface area contributed by atoms with Crippen LogP contribution in [-0.4, -0.2) is 15.5 Å². The standard InChI is InChI=1S/C14H11N3O2S/c15-13(18)10-4-2-1-3-9(10)7-17-8-16-11-5-6-20-12(11)14(17)19/h1-6,8H,7H2,(H2,15,18). The molecule has 0 unspecified atom stereocenters. The first-order chi connectivity index (χ1) is 9.66. The molecule has 2 N–H and O–H groups in total. The summed E-state index contributed by atoms with van der Waals surface area (Å²) in [5.41, 5.74) is 7.06. The quantitative estimate of drug-likeness (QED) is 0.794. The third kappa shape index (κ3) is 2.10. The average molecular weight is 285 g/mol. The van der Waals surface area contributed by atoms with Crippen LogP contribution in [0.2, 0.25) is 0 Å². The van der Waals surface area contributed by atoms with E-state index in [4.69, 9.17) is 5.73 Å². The maximum absolute atomic E-state index is 12.3. The van der Waals surface area contributed by atoms with E-state index in [1.54, 1.807) is 18.2 Å². The number of aromatic nitrogens is 2. The van der Waals surface area contributed by atoms with Gasteiger partial charge in [0.1, 0.15) is 4.70 Å². The van der Waals surface area contributed by atoms with Crippen molar-refractivity contribution in [3.05, 3.63) is 63.5 Å². The summed E-state index contributed by atoms with van der Waals surface area (Å²) in [4.78, 5) is 27.9. The lowest BCUT2D eigenvalue weighted by molar-refractivity contribution is 0.0999. The second kappa shape index (κ2) is 4.90. The predicted octanol–water partition coefficient (Wildman–Crippen LogP) is 1.61. The second-order valence-electron chi connectivity index (χ2n) is 4.33. The highest BCUT2D eigenvalue weighted by Crippen LogP contribution is 2.14. The number of hydrogen-bond acceptors (Lipinski definition) is 4. The first-order valence-corrected chi connectivity index (χ1v) is 6.85. The largest absolute Gasteiger partial charge is 0.366 e. The first-order valence-electron chi connectivity index (χ1n) is 5.97. The van der Waals surface area contributed by atoms with Crippen molar-refractivity contribution < 1.29 is 4.79 Å². The van der Waals surface area contributed by atoms with Gasteiger partial charge in [0, 0.05) is 5.56 Å². The molecule has 0 atom stereocenters. The molecule has 6 heteroatoms. The summed E-state index contributed by atoms with van der Waals surface area (Å²) in [5, 5.41) is 1.83. The van der Waals surface area contributed by atoms with Crippen LogP contribution in [0.15, 0.2) is 46.8 Å². The molecule has 0 aliphatic carbocycles. The van der Waals surface area contributed by atoms with Crippen LogP contribution in [0.5, 0.6) is 0 Å². The number of nitrogens with zero attached hydrogens (tertiary/aromatic N) is 2. The minimum Gasteiger partial charge on any atom is -0.366 e. The average Bonchev–Trinajstić information content (AvgIpc) is 2.91. The molecule has 0 saturated heterocycles. The Kier molecular flexibility index (Phi) is 3.08. The van der Waals surface area contributed by atoms with Gasteiger partial charge in [-0.3, -0.25) is 14.2 Å². The number of rotatable bonds is 3. The summed E-state index contributed by atoms with van der Waals surface area (Å²) in [7, 11) is 0. The van der Waals surface area contributed by atoms with Crippen LogP contribution in [0, 0.1) is 0 Å². The van der Waals surface area contributed by atoms with Crippen LogP contribution in [0.25, 0.3) is 10.2 Å². The van der Waals surface area contributed by atoms with E-state index in [1.165, 1.54) is 22.2 Å². The molecule has 0 fully saturated rings. The highest BCUT2D eigenvalue weighted by Gasteiger charge is 2.10. The zero-order valence-corrected chi connectivity index (χ0v) is 11.3. The fourth-order valence-electron chi connectivity index (χ4n) is 2.07. The minimum absolute atomic E-state index is 0.107. The number of primary amides is 1. The molecule has 20 heavy (non-hydrogen) atoms. The molecule has 1 amide bonds. The fourth-order valence-corrected chi connectivity index (χ4v) is 2.87. The van der Waals surface area contributed by atoms with Gasteiger partial charge < -0.3 is 5.73 Å². The number of amides is 1.